The summed E-state index contributed by atoms with van der Waals surface area (Å²) in [5, 5.41) is 0.757. The lowest BCUT2D eigenvalue weighted by molar-refractivity contribution is 0.616. The maximum absolute atomic E-state index is 6.20. The fourth-order valence-electron chi connectivity index (χ4n) is 2.99. The summed E-state index contributed by atoms with van der Waals surface area (Å²) in [5.74, 6) is 0. The highest BCUT2D eigenvalue weighted by molar-refractivity contribution is 6.30. The molecule has 0 saturated heterocycles. The highest BCUT2D eigenvalue weighted by atomic mass is 35.5. The number of hydrogen-bond acceptors (Lipinski definition) is 2. The van der Waals surface area contributed by atoms with Crippen LogP contribution in [-0.2, 0) is 13.0 Å². The average molecular weight is 287 g/mol. The molecule has 0 bridgehead atoms. The molecule has 0 radical (unpaired) electrons. The van der Waals surface area contributed by atoms with E-state index in [9.17, 15) is 0 Å². The van der Waals surface area contributed by atoms with Crippen molar-refractivity contribution in [2.24, 2.45) is 5.73 Å². The van der Waals surface area contributed by atoms with Gasteiger partial charge >= 0.3 is 0 Å². The summed E-state index contributed by atoms with van der Waals surface area (Å²) in [6.45, 7) is 2.79. The van der Waals surface area contributed by atoms with Crippen LogP contribution in [0.15, 0.2) is 42.5 Å². The van der Waals surface area contributed by atoms with Gasteiger partial charge in [-0.05, 0) is 49.1 Å². The van der Waals surface area contributed by atoms with Crippen molar-refractivity contribution < 1.29 is 0 Å². The molecular weight excluding hydrogens is 268 g/mol. The second-order valence-corrected chi connectivity index (χ2v) is 5.80. The molecule has 3 heteroatoms. The van der Waals surface area contributed by atoms with Gasteiger partial charge in [-0.2, -0.15) is 0 Å². The van der Waals surface area contributed by atoms with E-state index in [4.69, 9.17) is 17.3 Å². The van der Waals surface area contributed by atoms with Gasteiger partial charge in [0.2, 0.25) is 0 Å². The normalized spacial score (nSPS) is 17.9. The molecule has 0 amide bonds. The molecule has 1 atom stereocenters. The van der Waals surface area contributed by atoms with Crippen LogP contribution in [0.3, 0.4) is 0 Å². The van der Waals surface area contributed by atoms with E-state index in [2.05, 4.69) is 36.1 Å². The Morgan fingerprint density at radius 3 is 2.80 bits per heavy atom. The molecule has 0 aromatic heterocycles. The van der Waals surface area contributed by atoms with Crippen molar-refractivity contribution in [2.75, 3.05) is 4.90 Å². The third-order valence-electron chi connectivity index (χ3n) is 4.05. The summed E-state index contributed by atoms with van der Waals surface area (Å²) in [6, 6.07) is 15.0. The molecular formula is C17H19ClN2. The van der Waals surface area contributed by atoms with Crippen LogP contribution in [0.1, 0.15) is 24.5 Å². The average Bonchev–Trinajstić information content (AvgIpc) is 2.47. The van der Waals surface area contributed by atoms with Gasteiger partial charge in [0, 0.05) is 29.0 Å². The van der Waals surface area contributed by atoms with Gasteiger partial charge in [0.25, 0.3) is 0 Å². The van der Waals surface area contributed by atoms with Crippen LogP contribution in [-0.4, -0.2) is 6.04 Å². The van der Waals surface area contributed by atoms with E-state index in [1.54, 1.807) is 0 Å². The first-order valence-electron chi connectivity index (χ1n) is 7.06. The number of rotatable bonds is 2. The Morgan fingerprint density at radius 1 is 1.20 bits per heavy atom. The van der Waals surface area contributed by atoms with Crippen molar-refractivity contribution in [1.82, 2.24) is 0 Å². The number of nitrogens with zero attached hydrogens (tertiary/aromatic N) is 1. The lowest BCUT2D eigenvalue weighted by atomic mass is 9.95. The Balaban J connectivity index is 2.16. The van der Waals surface area contributed by atoms with Gasteiger partial charge < -0.3 is 10.6 Å². The van der Waals surface area contributed by atoms with E-state index < -0.39 is 0 Å². The van der Waals surface area contributed by atoms with Crippen LogP contribution in [0.5, 0.6) is 0 Å². The van der Waals surface area contributed by atoms with Crippen molar-refractivity contribution in [3.8, 4) is 0 Å². The van der Waals surface area contributed by atoms with Gasteiger partial charge in [-0.15, -0.1) is 0 Å². The Kier molecular flexibility index (Phi) is 3.68. The second-order valence-electron chi connectivity index (χ2n) is 5.36. The zero-order chi connectivity index (χ0) is 14.1. The molecule has 1 heterocycles. The highest BCUT2D eigenvalue weighted by Gasteiger charge is 2.25. The number of halogens is 1. The number of para-hydroxylation sites is 1. The zero-order valence-electron chi connectivity index (χ0n) is 11.6. The number of nitrogens with two attached hydrogens (primary N) is 1. The van der Waals surface area contributed by atoms with E-state index in [-0.39, 0.29) is 0 Å². The second kappa shape index (κ2) is 5.47. The molecule has 20 heavy (non-hydrogen) atoms. The quantitative estimate of drug-likeness (QED) is 0.893. The molecule has 0 fully saturated rings. The molecule has 3 rings (SSSR count). The first kappa shape index (κ1) is 13.5. The van der Waals surface area contributed by atoms with Crippen molar-refractivity contribution in [3.63, 3.8) is 0 Å². The summed E-state index contributed by atoms with van der Waals surface area (Å²) in [4.78, 5) is 2.38. The standard InChI is InChI=1S/C17H19ClN2/c1-12-6-7-13-4-2-3-5-16(13)20(12)17-10-15(18)9-8-14(17)11-19/h2-5,8-10,12H,6-7,11,19H2,1H3. The van der Waals surface area contributed by atoms with Gasteiger partial charge in [0.15, 0.2) is 0 Å². The van der Waals surface area contributed by atoms with Crippen LogP contribution in [0.4, 0.5) is 11.4 Å². The van der Waals surface area contributed by atoms with E-state index >= 15 is 0 Å². The van der Waals surface area contributed by atoms with Crippen molar-refractivity contribution in [2.45, 2.75) is 32.4 Å². The Bertz CT molecular complexity index is 624. The van der Waals surface area contributed by atoms with Crippen LogP contribution in [0.25, 0.3) is 0 Å². The van der Waals surface area contributed by atoms with Crippen LogP contribution >= 0.6 is 11.6 Å². The Morgan fingerprint density at radius 2 is 2.00 bits per heavy atom. The maximum Gasteiger partial charge on any atom is 0.0473 e. The third-order valence-corrected chi connectivity index (χ3v) is 4.29. The molecule has 2 aromatic rings. The van der Waals surface area contributed by atoms with E-state index in [1.165, 1.54) is 11.3 Å². The van der Waals surface area contributed by atoms with Crippen molar-refractivity contribution in [1.29, 1.82) is 0 Å². The lowest BCUT2D eigenvalue weighted by Gasteiger charge is -2.38. The van der Waals surface area contributed by atoms with Crippen LogP contribution in [0.2, 0.25) is 5.02 Å². The number of anilines is 2. The third kappa shape index (κ3) is 2.30. The van der Waals surface area contributed by atoms with Crippen molar-refractivity contribution in [3.05, 3.63) is 58.6 Å². The predicted molar refractivity (Wildman–Crippen MR) is 85.7 cm³/mol. The maximum atomic E-state index is 6.20. The molecule has 1 unspecified atom stereocenters. The van der Waals surface area contributed by atoms with E-state index in [1.807, 2.05) is 18.2 Å². The smallest absolute Gasteiger partial charge is 0.0473 e. The number of hydrogen-bond donors (Lipinski definition) is 1. The van der Waals surface area contributed by atoms with Crippen LogP contribution in [0, 0.1) is 0 Å². The fourth-order valence-corrected chi connectivity index (χ4v) is 3.16. The van der Waals surface area contributed by atoms with Gasteiger partial charge in [-0.1, -0.05) is 35.9 Å². The number of aryl methyl sites for hydroxylation is 1. The Hall–Kier alpha value is -1.51. The summed E-state index contributed by atoms with van der Waals surface area (Å²) in [7, 11) is 0. The minimum Gasteiger partial charge on any atom is -0.338 e. The van der Waals surface area contributed by atoms with Gasteiger partial charge in [-0.25, -0.2) is 0 Å². The van der Waals surface area contributed by atoms with E-state index in [0.717, 1.165) is 29.1 Å². The number of fused-ring (bicyclic) bond motifs is 1. The largest absolute Gasteiger partial charge is 0.338 e. The summed E-state index contributed by atoms with van der Waals surface area (Å²) in [5.41, 5.74) is 10.9. The van der Waals surface area contributed by atoms with Gasteiger partial charge in [0.1, 0.15) is 0 Å². The summed E-state index contributed by atoms with van der Waals surface area (Å²) >= 11 is 6.20. The molecule has 0 aliphatic carbocycles. The van der Waals surface area contributed by atoms with Gasteiger partial charge in [-0.3, -0.25) is 0 Å². The number of benzene rings is 2. The first-order chi connectivity index (χ1) is 9.70. The first-order valence-corrected chi connectivity index (χ1v) is 7.44. The van der Waals surface area contributed by atoms with Crippen molar-refractivity contribution >= 4 is 23.0 Å². The topological polar surface area (TPSA) is 29.3 Å². The minimum absolute atomic E-state index is 0.452. The van der Waals surface area contributed by atoms with Gasteiger partial charge in [0.05, 0.1) is 0 Å². The molecule has 0 saturated carbocycles. The summed E-state index contributed by atoms with van der Waals surface area (Å²) in [6.07, 6.45) is 2.28. The molecule has 1 aliphatic heterocycles. The molecule has 2 N–H and O–H groups in total. The van der Waals surface area contributed by atoms with Crippen LogP contribution < -0.4 is 10.6 Å². The molecule has 2 nitrogen and oxygen atoms in total. The molecule has 0 spiro atoms. The Labute approximate surface area is 125 Å². The van der Waals surface area contributed by atoms with E-state index in [0.29, 0.717) is 12.6 Å². The fraction of sp³-hybridized carbons (Fsp3) is 0.294. The zero-order valence-corrected chi connectivity index (χ0v) is 12.4. The SMILES string of the molecule is CC1CCc2ccccc2N1c1cc(Cl)ccc1CN. The monoisotopic (exact) mass is 286 g/mol. The predicted octanol–water partition coefficient (Wildman–Crippen LogP) is 4.27. The highest BCUT2D eigenvalue weighted by Crippen LogP contribution is 2.39. The molecule has 2 aromatic carbocycles. The molecule has 104 valence electrons. The molecule has 1 aliphatic rings. The lowest BCUT2D eigenvalue weighted by Crippen LogP contribution is -2.34. The summed E-state index contributed by atoms with van der Waals surface area (Å²) < 4.78 is 0. The minimum atomic E-state index is 0.452.